The molecule has 0 amide bonds. The first kappa shape index (κ1) is 33.4. The molecule has 0 saturated carbocycles. The van der Waals surface area contributed by atoms with Crippen molar-refractivity contribution in [2.75, 3.05) is 11.9 Å². The first-order valence-corrected chi connectivity index (χ1v) is 15.8. The largest absolute Gasteiger partial charge is 0.363 e. The van der Waals surface area contributed by atoms with Gasteiger partial charge in [-0.15, -0.1) is 0 Å². The Kier molecular flexibility index (Phi) is 10.2. The standard InChI is InChI=1S/C34H37N5O5S/c1-23-9-15-29(16-10-23)45(41,42)43-18-17-24-7-6-8-28(19-24)38-32-37-21-26(20-35)31(39-32)25-11-13-27(14-12-25)34(5,30(36)22-40)44-33(2,3)4/h6-16,19,21-22,30H,17-18,36H2,1-5H3,(H,37,38,39). The summed E-state index contributed by atoms with van der Waals surface area (Å²) in [5.41, 5.74) is 9.10. The fourth-order valence-corrected chi connectivity index (χ4v) is 5.67. The van der Waals surface area contributed by atoms with Crippen LogP contribution in [-0.4, -0.2) is 42.9 Å². The van der Waals surface area contributed by atoms with E-state index in [2.05, 4.69) is 21.4 Å². The summed E-state index contributed by atoms with van der Waals surface area (Å²) in [7, 11) is -3.86. The Morgan fingerprint density at radius 3 is 2.36 bits per heavy atom. The number of ether oxygens (including phenoxy) is 1. The number of nitriles is 1. The summed E-state index contributed by atoms with van der Waals surface area (Å²) in [5, 5.41) is 12.9. The third-order valence-corrected chi connectivity index (χ3v) is 8.39. The molecule has 0 aliphatic carbocycles. The van der Waals surface area contributed by atoms with Crippen LogP contribution in [0.5, 0.6) is 0 Å². The van der Waals surface area contributed by atoms with Gasteiger partial charge < -0.3 is 20.6 Å². The van der Waals surface area contributed by atoms with Crippen LogP contribution in [0, 0.1) is 18.3 Å². The fourth-order valence-electron chi connectivity index (χ4n) is 4.76. The molecule has 0 aliphatic heterocycles. The van der Waals surface area contributed by atoms with E-state index >= 15 is 0 Å². The highest BCUT2D eigenvalue weighted by Crippen LogP contribution is 2.34. The summed E-state index contributed by atoms with van der Waals surface area (Å²) in [4.78, 5) is 20.7. The second kappa shape index (κ2) is 13.7. The Balaban J connectivity index is 1.50. The van der Waals surface area contributed by atoms with Gasteiger partial charge in [-0.05, 0) is 76.4 Å². The van der Waals surface area contributed by atoms with Crippen molar-refractivity contribution in [2.24, 2.45) is 5.73 Å². The predicted octanol–water partition coefficient (Wildman–Crippen LogP) is 5.57. The smallest absolute Gasteiger partial charge is 0.296 e. The van der Waals surface area contributed by atoms with Crippen molar-refractivity contribution in [3.05, 3.63) is 101 Å². The molecule has 0 bridgehead atoms. The summed E-state index contributed by atoms with van der Waals surface area (Å²) in [5.74, 6) is 0.271. The number of aromatic nitrogens is 2. The Hall–Kier alpha value is -4.47. The van der Waals surface area contributed by atoms with E-state index in [0.717, 1.165) is 11.1 Å². The molecule has 2 atom stereocenters. The van der Waals surface area contributed by atoms with E-state index in [-0.39, 0.29) is 23.0 Å². The van der Waals surface area contributed by atoms with Gasteiger partial charge >= 0.3 is 0 Å². The molecule has 0 aliphatic rings. The molecule has 0 radical (unpaired) electrons. The van der Waals surface area contributed by atoms with Crippen molar-refractivity contribution >= 4 is 28.0 Å². The van der Waals surface area contributed by atoms with Gasteiger partial charge in [-0.2, -0.15) is 13.7 Å². The van der Waals surface area contributed by atoms with Crippen molar-refractivity contribution in [3.8, 4) is 17.3 Å². The highest BCUT2D eigenvalue weighted by atomic mass is 32.2. The molecule has 10 nitrogen and oxygen atoms in total. The second-order valence-corrected chi connectivity index (χ2v) is 13.4. The summed E-state index contributed by atoms with van der Waals surface area (Å²) in [6, 6.07) is 22.3. The molecule has 0 spiro atoms. The van der Waals surface area contributed by atoms with E-state index in [1.54, 1.807) is 31.2 Å². The molecular weight excluding hydrogens is 590 g/mol. The lowest BCUT2D eigenvalue weighted by molar-refractivity contribution is -0.146. The quantitative estimate of drug-likeness (QED) is 0.150. The minimum Gasteiger partial charge on any atom is -0.363 e. The van der Waals surface area contributed by atoms with Crippen LogP contribution in [0.2, 0.25) is 0 Å². The van der Waals surface area contributed by atoms with Crippen molar-refractivity contribution in [3.63, 3.8) is 0 Å². The Labute approximate surface area is 264 Å². The summed E-state index contributed by atoms with van der Waals surface area (Å²) < 4.78 is 36.5. The molecule has 4 aromatic rings. The molecule has 1 aromatic heterocycles. The number of nitrogens with one attached hydrogen (secondary N) is 1. The SMILES string of the molecule is Cc1ccc(S(=O)(=O)OCCc2cccc(Nc3ncc(C#N)c(-c4ccc(C(C)(OC(C)(C)C)C(N)C=O)cc4)n3)c2)cc1. The van der Waals surface area contributed by atoms with E-state index in [4.69, 9.17) is 14.7 Å². The predicted molar refractivity (Wildman–Crippen MR) is 172 cm³/mol. The third-order valence-electron chi connectivity index (χ3n) is 7.06. The number of anilines is 2. The van der Waals surface area contributed by atoms with E-state index < -0.39 is 27.4 Å². The van der Waals surface area contributed by atoms with Gasteiger partial charge in [0.2, 0.25) is 5.95 Å². The number of hydrogen-bond donors (Lipinski definition) is 2. The van der Waals surface area contributed by atoms with Gasteiger partial charge in [0.05, 0.1) is 40.6 Å². The number of aryl methyl sites for hydroxylation is 1. The molecule has 2 unspecified atom stereocenters. The van der Waals surface area contributed by atoms with Gasteiger partial charge in [-0.1, -0.05) is 54.1 Å². The lowest BCUT2D eigenvalue weighted by Gasteiger charge is -2.39. The lowest BCUT2D eigenvalue weighted by Crippen LogP contribution is -2.50. The molecule has 0 fully saturated rings. The van der Waals surface area contributed by atoms with Gasteiger partial charge in [0, 0.05) is 11.3 Å². The normalized spacial score (nSPS) is 13.8. The summed E-state index contributed by atoms with van der Waals surface area (Å²) in [6.45, 7) is 9.33. The molecule has 1 heterocycles. The van der Waals surface area contributed by atoms with Crippen LogP contribution in [0.25, 0.3) is 11.3 Å². The first-order valence-electron chi connectivity index (χ1n) is 14.4. The van der Waals surface area contributed by atoms with Gasteiger partial charge in [0.25, 0.3) is 10.1 Å². The third kappa shape index (κ3) is 8.38. The maximum Gasteiger partial charge on any atom is 0.296 e. The number of nitrogens with zero attached hydrogens (tertiary/aromatic N) is 3. The maximum atomic E-state index is 12.5. The van der Waals surface area contributed by atoms with E-state index in [9.17, 15) is 18.5 Å². The lowest BCUT2D eigenvalue weighted by atomic mass is 9.87. The van der Waals surface area contributed by atoms with E-state index in [1.807, 2.05) is 64.1 Å². The number of aldehydes is 1. The number of benzene rings is 3. The summed E-state index contributed by atoms with van der Waals surface area (Å²) in [6.07, 6.45) is 2.48. The van der Waals surface area contributed by atoms with Crippen molar-refractivity contribution < 1.29 is 22.1 Å². The van der Waals surface area contributed by atoms with Gasteiger partial charge in [-0.3, -0.25) is 4.18 Å². The highest BCUT2D eigenvalue weighted by molar-refractivity contribution is 7.86. The average Bonchev–Trinajstić information content (AvgIpc) is 3.00. The molecule has 45 heavy (non-hydrogen) atoms. The van der Waals surface area contributed by atoms with Gasteiger partial charge in [0.1, 0.15) is 18.0 Å². The maximum absolute atomic E-state index is 12.5. The Morgan fingerprint density at radius 1 is 1.04 bits per heavy atom. The minimum atomic E-state index is -3.86. The Bertz CT molecular complexity index is 1800. The number of hydrogen-bond acceptors (Lipinski definition) is 10. The highest BCUT2D eigenvalue weighted by Gasteiger charge is 2.38. The number of carbonyl (C=O) groups is 1. The van der Waals surface area contributed by atoms with Gasteiger partial charge in [-0.25, -0.2) is 9.97 Å². The van der Waals surface area contributed by atoms with Crippen LogP contribution < -0.4 is 11.1 Å². The average molecular weight is 628 g/mol. The van der Waals surface area contributed by atoms with Crippen molar-refractivity contribution in [2.45, 2.75) is 63.2 Å². The second-order valence-electron chi connectivity index (χ2n) is 11.8. The van der Waals surface area contributed by atoms with E-state index in [1.165, 1.54) is 18.3 Å². The zero-order valence-corrected chi connectivity index (χ0v) is 26.8. The van der Waals surface area contributed by atoms with Crippen LogP contribution in [0.15, 0.2) is 83.9 Å². The van der Waals surface area contributed by atoms with Gasteiger partial charge in [0.15, 0.2) is 0 Å². The fraction of sp³-hybridized carbons (Fsp3) is 0.294. The zero-order valence-electron chi connectivity index (χ0n) is 25.9. The van der Waals surface area contributed by atoms with Crippen LogP contribution in [0.4, 0.5) is 11.6 Å². The number of rotatable bonds is 12. The molecule has 234 valence electrons. The van der Waals surface area contributed by atoms with Crippen LogP contribution in [-0.2, 0) is 35.9 Å². The minimum absolute atomic E-state index is 0.0231. The van der Waals surface area contributed by atoms with Crippen LogP contribution in [0.1, 0.15) is 49.9 Å². The topological polar surface area (TPSA) is 157 Å². The number of nitrogens with two attached hydrogens (primary N) is 1. The molecule has 11 heteroatoms. The van der Waals surface area contributed by atoms with Crippen molar-refractivity contribution in [1.29, 1.82) is 5.26 Å². The zero-order chi connectivity index (χ0) is 32.8. The number of carbonyl (C=O) groups excluding carboxylic acids is 1. The molecular formula is C34H37N5O5S. The van der Waals surface area contributed by atoms with Crippen molar-refractivity contribution in [1.82, 2.24) is 9.97 Å². The van der Waals surface area contributed by atoms with E-state index in [0.29, 0.717) is 35.2 Å². The first-order chi connectivity index (χ1) is 21.2. The Morgan fingerprint density at radius 2 is 1.73 bits per heavy atom. The monoisotopic (exact) mass is 627 g/mol. The molecule has 3 N–H and O–H groups in total. The summed E-state index contributed by atoms with van der Waals surface area (Å²) >= 11 is 0. The van der Waals surface area contributed by atoms with Crippen LogP contribution in [0.3, 0.4) is 0 Å². The molecule has 3 aromatic carbocycles. The molecule has 4 rings (SSSR count). The van der Waals surface area contributed by atoms with Crippen LogP contribution >= 0.6 is 0 Å². The molecule has 0 saturated heterocycles.